The maximum Gasteiger partial charge on any atom is 0.408 e. The van der Waals surface area contributed by atoms with Crippen LogP contribution in [0, 0.1) is 0 Å². The molecule has 0 radical (unpaired) electrons. The Balaban J connectivity index is 4.76. The van der Waals surface area contributed by atoms with Crippen molar-refractivity contribution in [3.8, 4) is 0 Å². The number of carboxylic acids is 1. The molecule has 0 aliphatic rings. The average molecular weight is 262 g/mol. The molecule has 1 atom stereocenters. The van der Waals surface area contributed by atoms with Gasteiger partial charge in [0.15, 0.2) is 0 Å². The van der Waals surface area contributed by atoms with Crippen LogP contribution in [0.1, 0.15) is 27.2 Å². The lowest BCUT2D eigenvalue weighted by Crippen LogP contribution is -2.58. The molecule has 0 heterocycles. The van der Waals surface area contributed by atoms with Gasteiger partial charge in [-0.1, -0.05) is 0 Å². The summed E-state index contributed by atoms with van der Waals surface area (Å²) in [5.41, 5.74) is 3.71. The minimum atomic E-state index is -1.16. The lowest BCUT2D eigenvalue weighted by molar-refractivity contribution is -0.139. The molecule has 0 aromatic heterocycles. The smallest absolute Gasteiger partial charge is 0.408 e. The zero-order chi connectivity index (χ0) is 14.4. The highest BCUT2D eigenvalue weighted by atomic mass is 16.6. The van der Waals surface area contributed by atoms with E-state index < -0.39 is 23.2 Å². The van der Waals surface area contributed by atoms with Gasteiger partial charge in [-0.05, 0) is 20.8 Å². The van der Waals surface area contributed by atoms with Crippen molar-refractivity contribution in [3.05, 3.63) is 0 Å². The number of aliphatic carboxylic acids is 1. The maximum absolute atomic E-state index is 11.7. The van der Waals surface area contributed by atoms with E-state index in [1.807, 2.05) is 0 Å². The Morgan fingerprint density at radius 3 is 2.22 bits per heavy atom. The summed E-state index contributed by atoms with van der Waals surface area (Å²) in [4.78, 5) is 22.5. The summed E-state index contributed by atoms with van der Waals surface area (Å²) in [6, 6.07) is 0. The fourth-order valence-corrected chi connectivity index (χ4v) is 1.40. The van der Waals surface area contributed by atoms with Crippen LogP contribution in [0.25, 0.3) is 0 Å². The number of alkyl carbamates (subject to hydrolysis) is 1. The van der Waals surface area contributed by atoms with Gasteiger partial charge >= 0.3 is 12.1 Å². The first-order valence-electron chi connectivity index (χ1n) is 5.56. The second-order valence-electron chi connectivity index (χ2n) is 5.11. The third kappa shape index (κ3) is 6.41. The summed E-state index contributed by atoms with van der Waals surface area (Å²) in [6.07, 6.45) is -1.05. The predicted molar refractivity (Wildman–Crippen MR) is 65.3 cm³/mol. The summed E-state index contributed by atoms with van der Waals surface area (Å²) in [5.74, 6) is -1.08. The molecule has 0 fully saturated rings. The van der Waals surface area contributed by atoms with Gasteiger partial charge in [0, 0.05) is 13.7 Å². The zero-order valence-corrected chi connectivity index (χ0v) is 11.3. The monoisotopic (exact) mass is 262 g/mol. The van der Waals surface area contributed by atoms with E-state index in [9.17, 15) is 9.59 Å². The van der Waals surface area contributed by atoms with Gasteiger partial charge in [-0.3, -0.25) is 4.79 Å². The topological polar surface area (TPSA) is 111 Å². The van der Waals surface area contributed by atoms with Crippen molar-refractivity contribution < 1.29 is 24.2 Å². The fraction of sp³-hybridized carbons (Fsp3) is 0.818. The molecule has 0 bridgehead atoms. The highest BCUT2D eigenvalue weighted by Gasteiger charge is 2.35. The standard InChI is InChI=1S/C11H22N2O5/c1-10(2,3)18-9(16)13-11(6-12,7-17-4)5-8(14)15/h5-7,12H2,1-4H3,(H,13,16)(H,14,15). The van der Waals surface area contributed by atoms with Gasteiger partial charge in [0.1, 0.15) is 5.60 Å². The summed E-state index contributed by atoms with van der Waals surface area (Å²) in [7, 11) is 1.41. The predicted octanol–water partition coefficient (Wildman–Crippen LogP) is 0.330. The van der Waals surface area contributed by atoms with Crippen molar-refractivity contribution in [2.75, 3.05) is 20.3 Å². The van der Waals surface area contributed by atoms with Crippen LogP contribution in [0.4, 0.5) is 4.79 Å². The molecule has 0 spiro atoms. The Bertz CT molecular complexity index is 300. The van der Waals surface area contributed by atoms with Gasteiger partial charge in [-0.25, -0.2) is 4.79 Å². The molecule has 0 aromatic carbocycles. The lowest BCUT2D eigenvalue weighted by Gasteiger charge is -2.32. The molecule has 18 heavy (non-hydrogen) atoms. The van der Waals surface area contributed by atoms with E-state index in [2.05, 4.69) is 5.32 Å². The van der Waals surface area contributed by atoms with Crippen LogP contribution in [0.15, 0.2) is 0 Å². The molecule has 0 aliphatic carbocycles. The number of rotatable bonds is 6. The SMILES string of the molecule is COCC(CN)(CC(=O)O)NC(=O)OC(C)(C)C. The van der Waals surface area contributed by atoms with Crippen molar-refractivity contribution in [2.45, 2.75) is 38.3 Å². The molecular formula is C11H22N2O5. The number of ether oxygens (including phenoxy) is 2. The van der Waals surface area contributed by atoms with Crippen LogP contribution in [0.3, 0.4) is 0 Å². The molecule has 1 unspecified atom stereocenters. The molecule has 0 aliphatic heterocycles. The largest absolute Gasteiger partial charge is 0.481 e. The van der Waals surface area contributed by atoms with E-state index in [4.69, 9.17) is 20.3 Å². The number of hydrogen-bond acceptors (Lipinski definition) is 5. The van der Waals surface area contributed by atoms with E-state index >= 15 is 0 Å². The first-order chi connectivity index (χ1) is 8.14. The quantitative estimate of drug-likeness (QED) is 0.636. The Kier molecular flexibility index (Phi) is 6.07. The zero-order valence-electron chi connectivity index (χ0n) is 11.3. The van der Waals surface area contributed by atoms with Crippen LogP contribution in [0.5, 0.6) is 0 Å². The van der Waals surface area contributed by atoms with Crippen molar-refractivity contribution in [3.63, 3.8) is 0 Å². The number of amides is 1. The number of hydrogen-bond donors (Lipinski definition) is 3. The molecule has 0 saturated heterocycles. The van der Waals surface area contributed by atoms with Gasteiger partial charge in [0.05, 0.1) is 18.6 Å². The first kappa shape index (κ1) is 16.7. The molecule has 7 nitrogen and oxygen atoms in total. The Morgan fingerprint density at radius 1 is 1.33 bits per heavy atom. The van der Waals surface area contributed by atoms with E-state index in [-0.39, 0.29) is 19.6 Å². The van der Waals surface area contributed by atoms with Gasteiger partial charge in [-0.15, -0.1) is 0 Å². The number of nitrogens with one attached hydrogen (secondary N) is 1. The van der Waals surface area contributed by atoms with Crippen LogP contribution in [-0.2, 0) is 14.3 Å². The van der Waals surface area contributed by atoms with Crippen LogP contribution < -0.4 is 11.1 Å². The molecule has 0 aromatic rings. The Labute approximate surface area is 107 Å². The van der Waals surface area contributed by atoms with E-state index in [0.717, 1.165) is 0 Å². The van der Waals surface area contributed by atoms with Crippen LogP contribution in [-0.4, -0.2) is 48.6 Å². The first-order valence-corrected chi connectivity index (χ1v) is 5.56. The van der Waals surface area contributed by atoms with Crippen LogP contribution >= 0.6 is 0 Å². The molecule has 1 amide bonds. The van der Waals surface area contributed by atoms with Crippen molar-refractivity contribution >= 4 is 12.1 Å². The van der Waals surface area contributed by atoms with Crippen molar-refractivity contribution in [1.82, 2.24) is 5.32 Å². The number of carbonyl (C=O) groups excluding carboxylic acids is 1. The summed E-state index contributed by atoms with van der Waals surface area (Å²) in [5, 5.41) is 11.3. The van der Waals surface area contributed by atoms with Gasteiger partial charge in [0.2, 0.25) is 0 Å². The number of carbonyl (C=O) groups is 2. The third-order valence-corrected chi connectivity index (χ3v) is 2.07. The third-order valence-electron chi connectivity index (χ3n) is 2.07. The van der Waals surface area contributed by atoms with Gasteiger partial charge in [0.25, 0.3) is 0 Å². The summed E-state index contributed by atoms with van der Waals surface area (Å²) in [6.45, 7) is 5.07. The Hall–Kier alpha value is -1.34. The van der Waals surface area contributed by atoms with Crippen molar-refractivity contribution in [1.29, 1.82) is 0 Å². The minimum Gasteiger partial charge on any atom is -0.481 e. The molecular weight excluding hydrogens is 240 g/mol. The van der Waals surface area contributed by atoms with Crippen molar-refractivity contribution in [2.24, 2.45) is 5.73 Å². The Morgan fingerprint density at radius 2 is 1.89 bits per heavy atom. The number of nitrogens with two attached hydrogens (primary N) is 1. The molecule has 4 N–H and O–H groups in total. The average Bonchev–Trinajstić information content (AvgIpc) is 2.13. The molecule has 106 valence electrons. The number of carboxylic acid groups (broad SMARTS) is 1. The summed E-state index contributed by atoms with van der Waals surface area (Å²) >= 11 is 0. The molecule has 0 saturated carbocycles. The van der Waals surface area contributed by atoms with E-state index in [1.165, 1.54) is 7.11 Å². The highest BCUT2D eigenvalue weighted by Crippen LogP contribution is 2.13. The normalized spacial score (nSPS) is 14.7. The fourth-order valence-electron chi connectivity index (χ4n) is 1.40. The second-order valence-corrected chi connectivity index (χ2v) is 5.11. The molecule has 7 heteroatoms. The molecule has 0 rings (SSSR count). The van der Waals surface area contributed by atoms with Gasteiger partial charge < -0.3 is 25.6 Å². The second kappa shape index (κ2) is 6.55. The van der Waals surface area contributed by atoms with E-state index in [1.54, 1.807) is 20.8 Å². The van der Waals surface area contributed by atoms with Gasteiger partial charge in [-0.2, -0.15) is 0 Å². The summed E-state index contributed by atoms with van der Waals surface area (Å²) < 4.78 is 9.99. The van der Waals surface area contributed by atoms with E-state index in [0.29, 0.717) is 0 Å². The van der Waals surface area contributed by atoms with Crippen LogP contribution in [0.2, 0.25) is 0 Å². The highest BCUT2D eigenvalue weighted by molar-refractivity contribution is 5.73. The lowest BCUT2D eigenvalue weighted by atomic mass is 9.96. The maximum atomic E-state index is 11.7. The minimum absolute atomic E-state index is 0.00492. The number of methoxy groups -OCH3 is 1.